The Morgan fingerprint density at radius 2 is 1.47 bits per heavy atom. The average molecular weight is 476 g/mol. The largest absolute Gasteiger partial charge is 0.505 e. The normalized spacial score (nSPS) is 15.7. The average Bonchev–Trinajstić information content (AvgIpc) is 2.83. The van der Waals surface area contributed by atoms with Gasteiger partial charge in [-0.05, 0) is 60.7 Å². The number of hydrogen-bond acceptors (Lipinski definition) is 4. The van der Waals surface area contributed by atoms with Gasteiger partial charge < -0.3 is 14.9 Å². The van der Waals surface area contributed by atoms with Crippen LogP contribution >= 0.6 is 0 Å². The maximum atomic E-state index is 14.7. The van der Waals surface area contributed by atoms with Crippen LogP contribution in [0.15, 0.2) is 48.5 Å². The van der Waals surface area contributed by atoms with Crippen LogP contribution in [0.3, 0.4) is 0 Å². The van der Waals surface area contributed by atoms with Gasteiger partial charge in [0.25, 0.3) is 0 Å². The highest BCUT2D eigenvalue weighted by Gasteiger charge is 2.26. The van der Waals surface area contributed by atoms with Crippen molar-refractivity contribution in [2.75, 3.05) is 0 Å². The first kappa shape index (κ1) is 23.3. The Hall–Kier alpha value is -3.88. The van der Waals surface area contributed by atoms with Crippen molar-refractivity contribution >= 4 is 11.5 Å². The molecule has 0 saturated carbocycles. The van der Waals surface area contributed by atoms with Crippen LogP contribution in [0.1, 0.15) is 24.8 Å². The molecule has 0 spiro atoms. The van der Waals surface area contributed by atoms with Gasteiger partial charge in [-0.3, -0.25) is 4.79 Å². The summed E-state index contributed by atoms with van der Waals surface area (Å²) in [5, 5.41) is 18.4. The number of carbonyl (C=O) groups is 1. The molecule has 0 aromatic heterocycles. The van der Waals surface area contributed by atoms with Crippen molar-refractivity contribution in [3.8, 4) is 28.4 Å². The van der Waals surface area contributed by atoms with Crippen molar-refractivity contribution in [3.63, 3.8) is 0 Å². The molecule has 2 N–H and O–H groups in total. The summed E-state index contributed by atoms with van der Waals surface area (Å²) in [6.07, 6.45) is 2.55. The highest BCUT2D eigenvalue weighted by atomic mass is 19.2. The minimum atomic E-state index is -1.52. The first-order chi connectivity index (χ1) is 16.2. The minimum Gasteiger partial charge on any atom is -0.505 e. The van der Waals surface area contributed by atoms with Crippen LogP contribution in [0.4, 0.5) is 22.0 Å². The van der Waals surface area contributed by atoms with E-state index >= 15 is 0 Å². The highest BCUT2D eigenvalue weighted by molar-refractivity contribution is 5.78. The van der Waals surface area contributed by atoms with E-state index < -0.39 is 58.2 Å². The van der Waals surface area contributed by atoms with Gasteiger partial charge in [-0.2, -0.15) is 13.2 Å². The highest BCUT2D eigenvalue weighted by Crippen LogP contribution is 2.36. The SMILES string of the molecule is O=C(Oc1ccc(O)c(F)c1F)C1CC=C(c2ccc(-c3ccc(O)c(F)c3F)c(F)c2)CC1. The van der Waals surface area contributed by atoms with Gasteiger partial charge in [0.1, 0.15) is 5.82 Å². The fourth-order valence-corrected chi connectivity index (χ4v) is 3.78. The van der Waals surface area contributed by atoms with Gasteiger partial charge >= 0.3 is 5.97 Å². The summed E-state index contributed by atoms with van der Waals surface area (Å²) in [6, 6.07) is 7.82. The zero-order valence-electron chi connectivity index (χ0n) is 17.4. The monoisotopic (exact) mass is 476 g/mol. The van der Waals surface area contributed by atoms with E-state index in [-0.39, 0.29) is 17.5 Å². The number of esters is 1. The standard InChI is InChI=1S/C25H17F5O4/c26-17-11-14(5-6-15(17)16-7-8-18(31)22(28)21(16)27)12-1-3-13(4-2-12)25(33)34-20-10-9-19(32)23(29)24(20)30/h1,5-11,13,31-32H,2-4H2. The Bertz CT molecular complexity index is 1320. The number of aromatic hydroxyl groups is 2. The van der Waals surface area contributed by atoms with E-state index in [1.165, 1.54) is 18.2 Å². The Kier molecular flexibility index (Phi) is 6.28. The van der Waals surface area contributed by atoms with Gasteiger partial charge in [-0.15, -0.1) is 0 Å². The molecule has 0 amide bonds. The van der Waals surface area contributed by atoms with Gasteiger partial charge in [0, 0.05) is 11.1 Å². The van der Waals surface area contributed by atoms with E-state index in [9.17, 15) is 31.9 Å². The number of phenolic OH excluding ortho intramolecular Hbond substituents is 2. The zero-order chi connectivity index (χ0) is 24.6. The molecule has 176 valence electrons. The Morgan fingerprint density at radius 1 is 0.824 bits per heavy atom. The number of allylic oxidation sites excluding steroid dienone is 2. The van der Waals surface area contributed by atoms with Crippen LogP contribution in [0.25, 0.3) is 16.7 Å². The number of ether oxygens (including phenoxy) is 1. The zero-order valence-corrected chi connectivity index (χ0v) is 17.4. The third kappa shape index (κ3) is 4.33. The number of benzene rings is 3. The van der Waals surface area contributed by atoms with E-state index in [1.807, 2.05) is 0 Å². The van der Waals surface area contributed by atoms with Crippen LogP contribution in [-0.2, 0) is 4.79 Å². The van der Waals surface area contributed by atoms with Gasteiger partial charge in [0.15, 0.2) is 23.1 Å². The second kappa shape index (κ2) is 9.17. The molecule has 1 aliphatic rings. The molecule has 1 aliphatic carbocycles. The third-order valence-corrected chi connectivity index (χ3v) is 5.67. The summed E-state index contributed by atoms with van der Waals surface area (Å²) in [5.74, 6) is -10.4. The molecule has 1 unspecified atom stereocenters. The number of carbonyl (C=O) groups excluding carboxylic acids is 1. The van der Waals surface area contributed by atoms with E-state index in [0.717, 1.165) is 24.3 Å². The van der Waals surface area contributed by atoms with E-state index in [2.05, 4.69) is 0 Å². The van der Waals surface area contributed by atoms with Crippen molar-refractivity contribution < 1.29 is 41.7 Å². The molecule has 3 aromatic rings. The molecule has 0 radical (unpaired) electrons. The molecular weight excluding hydrogens is 459 g/mol. The first-order valence-electron chi connectivity index (χ1n) is 10.2. The second-order valence-electron chi connectivity index (χ2n) is 7.79. The molecule has 0 fully saturated rings. The topological polar surface area (TPSA) is 66.8 Å². The molecule has 3 aromatic carbocycles. The molecule has 4 nitrogen and oxygen atoms in total. The van der Waals surface area contributed by atoms with Gasteiger partial charge in [0.05, 0.1) is 5.92 Å². The molecular formula is C25H17F5O4. The molecule has 0 bridgehead atoms. The number of phenols is 2. The van der Waals surface area contributed by atoms with E-state index in [1.54, 1.807) is 6.08 Å². The predicted octanol–water partition coefficient (Wildman–Crippen LogP) is 6.25. The van der Waals surface area contributed by atoms with Gasteiger partial charge in [-0.25, -0.2) is 8.78 Å². The Balaban J connectivity index is 1.48. The van der Waals surface area contributed by atoms with Crippen LogP contribution in [0, 0.1) is 35.0 Å². The second-order valence-corrected chi connectivity index (χ2v) is 7.79. The van der Waals surface area contributed by atoms with Crippen LogP contribution in [0.5, 0.6) is 17.2 Å². The summed E-state index contributed by atoms with van der Waals surface area (Å²) in [7, 11) is 0. The maximum absolute atomic E-state index is 14.7. The fourth-order valence-electron chi connectivity index (χ4n) is 3.78. The van der Waals surface area contributed by atoms with Crippen LogP contribution in [-0.4, -0.2) is 16.2 Å². The van der Waals surface area contributed by atoms with Crippen molar-refractivity contribution in [1.29, 1.82) is 0 Å². The molecule has 9 heteroatoms. The molecule has 0 heterocycles. The number of halogens is 5. The van der Waals surface area contributed by atoms with Gasteiger partial charge in [0.2, 0.25) is 17.5 Å². The van der Waals surface area contributed by atoms with Crippen LogP contribution in [0.2, 0.25) is 0 Å². The maximum Gasteiger partial charge on any atom is 0.314 e. The lowest BCUT2D eigenvalue weighted by atomic mass is 9.86. The lowest BCUT2D eigenvalue weighted by molar-refractivity contribution is -0.139. The summed E-state index contributed by atoms with van der Waals surface area (Å²) >= 11 is 0. The lowest BCUT2D eigenvalue weighted by Crippen LogP contribution is -2.22. The summed E-state index contributed by atoms with van der Waals surface area (Å²) in [6.45, 7) is 0. The van der Waals surface area contributed by atoms with Crippen molar-refractivity contribution in [1.82, 2.24) is 0 Å². The lowest BCUT2D eigenvalue weighted by Gasteiger charge is -2.21. The van der Waals surface area contributed by atoms with Crippen molar-refractivity contribution in [2.24, 2.45) is 5.92 Å². The Labute approximate surface area is 190 Å². The molecule has 4 rings (SSSR count). The quantitative estimate of drug-likeness (QED) is 0.265. The molecule has 0 aliphatic heterocycles. The minimum absolute atomic E-state index is 0.179. The first-order valence-corrected chi connectivity index (χ1v) is 10.2. The number of hydrogen-bond donors (Lipinski definition) is 2. The number of rotatable bonds is 4. The third-order valence-electron chi connectivity index (χ3n) is 5.67. The fraction of sp³-hybridized carbons (Fsp3) is 0.160. The van der Waals surface area contributed by atoms with Gasteiger partial charge in [-0.1, -0.05) is 18.2 Å². The molecule has 1 atom stereocenters. The molecule has 0 saturated heterocycles. The Morgan fingerprint density at radius 3 is 2.12 bits per heavy atom. The predicted molar refractivity (Wildman–Crippen MR) is 112 cm³/mol. The smallest absolute Gasteiger partial charge is 0.314 e. The van der Waals surface area contributed by atoms with Crippen molar-refractivity contribution in [2.45, 2.75) is 19.3 Å². The summed E-state index contributed by atoms with van der Waals surface area (Å²) < 4.78 is 74.7. The molecule has 34 heavy (non-hydrogen) atoms. The van der Waals surface area contributed by atoms with E-state index in [0.29, 0.717) is 24.0 Å². The van der Waals surface area contributed by atoms with E-state index in [4.69, 9.17) is 9.84 Å². The van der Waals surface area contributed by atoms with Crippen molar-refractivity contribution in [3.05, 3.63) is 83.2 Å². The van der Waals surface area contributed by atoms with Crippen LogP contribution < -0.4 is 4.74 Å². The summed E-state index contributed by atoms with van der Waals surface area (Å²) in [4.78, 5) is 12.4. The summed E-state index contributed by atoms with van der Waals surface area (Å²) in [5.41, 5.74) is 0.687.